The Morgan fingerprint density at radius 2 is 1.59 bits per heavy atom. The molecule has 2 aromatic rings. The smallest absolute Gasteiger partial charge is 0.476 e. The van der Waals surface area contributed by atoms with Crippen molar-refractivity contribution < 1.29 is 70.8 Å². The first-order valence-electron chi connectivity index (χ1n) is 12.9. The summed E-state index contributed by atoms with van der Waals surface area (Å²) in [6, 6.07) is 0. The summed E-state index contributed by atoms with van der Waals surface area (Å²) in [6.07, 6.45) is -3.45. The van der Waals surface area contributed by atoms with Gasteiger partial charge in [-0.3, -0.25) is 9.09 Å². The Morgan fingerprint density at radius 1 is 1.05 bits per heavy atom. The van der Waals surface area contributed by atoms with Gasteiger partial charge < -0.3 is 44.4 Å². The molecule has 0 aliphatic heterocycles. The number of imidazole rings is 1. The van der Waals surface area contributed by atoms with E-state index in [-0.39, 0.29) is 12.7 Å². The largest absolute Gasteiger partial charge is 0.510 e. The zero-order valence-corrected chi connectivity index (χ0v) is 26.2. The fourth-order valence-corrected chi connectivity index (χ4v) is 3.56. The number of nitrogens with zero attached hydrogens (tertiary/aromatic N) is 4. The molecule has 0 bridgehead atoms. The van der Waals surface area contributed by atoms with Gasteiger partial charge in [0.2, 0.25) is 25.4 Å². The van der Waals surface area contributed by atoms with Crippen molar-refractivity contribution in [3.8, 4) is 5.88 Å². The van der Waals surface area contributed by atoms with Gasteiger partial charge in [0, 0.05) is 7.11 Å². The molecule has 2 atom stereocenters. The van der Waals surface area contributed by atoms with E-state index in [0.717, 1.165) is 14.0 Å². The highest BCUT2D eigenvalue weighted by Gasteiger charge is 2.40. The Hall–Kier alpha value is -3.39. The molecule has 0 saturated heterocycles. The highest BCUT2D eigenvalue weighted by Crippen LogP contribution is 2.50. The second kappa shape index (κ2) is 18.4. The minimum Gasteiger partial charge on any atom is -0.476 e. The molecule has 0 aliphatic carbocycles. The van der Waals surface area contributed by atoms with E-state index in [4.69, 9.17) is 29.1 Å². The Balaban J connectivity index is 0.000000532. The number of methoxy groups -OCH3 is 1. The third-order valence-electron chi connectivity index (χ3n) is 4.70. The molecule has 0 spiro atoms. The first-order valence-corrected chi connectivity index (χ1v) is 14.4. The number of carbonyl (C=O) groups is 2. The zero-order valence-electron chi connectivity index (χ0n) is 25.3. The van der Waals surface area contributed by atoms with Crippen LogP contribution in [0, 0.1) is 0 Å². The van der Waals surface area contributed by atoms with Crippen LogP contribution in [-0.2, 0) is 48.6 Å². The number of anilines is 1. The van der Waals surface area contributed by atoms with Crippen LogP contribution in [0.1, 0.15) is 41.5 Å². The summed E-state index contributed by atoms with van der Waals surface area (Å²) in [5.41, 5.74) is 6.48. The summed E-state index contributed by atoms with van der Waals surface area (Å²) < 4.78 is 70.6. The van der Waals surface area contributed by atoms with Crippen molar-refractivity contribution in [1.82, 2.24) is 19.5 Å². The molecular weight excluding hydrogens is 620 g/mol. The molecule has 2 heterocycles. The Labute approximate surface area is 252 Å². The third-order valence-corrected chi connectivity index (χ3v) is 5.99. The highest BCUT2D eigenvalue weighted by atomic mass is 31.2. The van der Waals surface area contributed by atoms with Gasteiger partial charge in [0.15, 0.2) is 11.2 Å². The van der Waals surface area contributed by atoms with Crippen molar-refractivity contribution in [2.45, 2.75) is 72.4 Å². The van der Waals surface area contributed by atoms with E-state index < -0.39 is 64.5 Å². The van der Waals surface area contributed by atoms with Gasteiger partial charge in [0.05, 0.1) is 25.1 Å². The lowest BCUT2D eigenvalue weighted by Crippen LogP contribution is -2.42. The lowest BCUT2D eigenvalue weighted by molar-refractivity contribution is -0.205. The first-order chi connectivity index (χ1) is 20.6. The van der Waals surface area contributed by atoms with E-state index in [0.29, 0.717) is 23.7 Å². The van der Waals surface area contributed by atoms with Crippen molar-refractivity contribution in [3.63, 3.8) is 0 Å². The van der Waals surface area contributed by atoms with Gasteiger partial charge in [-0.25, -0.2) is 32.6 Å². The highest BCUT2D eigenvalue weighted by molar-refractivity contribution is 7.48. The van der Waals surface area contributed by atoms with E-state index >= 15 is 0 Å². The summed E-state index contributed by atoms with van der Waals surface area (Å²) >= 11 is 0. The number of hydrogen-bond acceptors (Lipinski definition) is 18. The molecule has 0 radical (unpaired) electrons. The van der Waals surface area contributed by atoms with Crippen LogP contribution in [-0.4, -0.2) is 100 Å². The summed E-state index contributed by atoms with van der Waals surface area (Å²) in [7, 11) is -3.70. The maximum Gasteiger partial charge on any atom is 0.510 e. The minimum absolute atomic E-state index is 0.0983. The standard InChI is InChI=1S/C15H28FO12P.C8H11N5O2/c1-10(2)27-13(18)22-8-25-29(20,24-7-15(16,21-6)12(5)17)26-9-23-14(19)28-11(3)4;1-2-15-7-5-6(11-8(9)12-7)13(4-14)3-10-5/h10-12,17H,7-9H2,1-6H3;3,14H,2,4H2,1H3,(H2,9,11,12)/t12-,15+;/m0./s1. The number of aliphatic hydroxyl groups excluding tert-OH is 2. The van der Waals surface area contributed by atoms with Crippen molar-refractivity contribution in [2.24, 2.45) is 0 Å². The van der Waals surface area contributed by atoms with E-state index in [9.17, 15) is 23.7 Å². The Kier molecular flexibility index (Phi) is 16.2. The molecule has 0 aromatic carbocycles. The summed E-state index contributed by atoms with van der Waals surface area (Å²) in [5, 5.41) is 18.4. The lowest BCUT2D eigenvalue weighted by atomic mass is 10.2. The number of nitrogens with two attached hydrogens (primary N) is 1. The van der Waals surface area contributed by atoms with E-state index in [1.165, 1.54) is 10.9 Å². The number of rotatable bonds is 16. The van der Waals surface area contributed by atoms with E-state index in [1.54, 1.807) is 27.7 Å². The number of aliphatic hydroxyl groups is 2. The van der Waals surface area contributed by atoms with Gasteiger partial charge in [-0.1, -0.05) is 0 Å². The quantitative estimate of drug-likeness (QED) is 0.133. The second-order valence-corrected chi connectivity index (χ2v) is 10.5. The zero-order chi connectivity index (χ0) is 33.5. The van der Waals surface area contributed by atoms with Gasteiger partial charge in [-0.2, -0.15) is 9.97 Å². The van der Waals surface area contributed by atoms with Crippen molar-refractivity contribution in [2.75, 3.05) is 39.6 Å². The molecule has 44 heavy (non-hydrogen) atoms. The third kappa shape index (κ3) is 13.1. The molecule has 0 unspecified atom stereocenters. The monoisotopic (exact) mass is 659 g/mol. The van der Waals surface area contributed by atoms with Crippen LogP contribution in [0.5, 0.6) is 5.88 Å². The Morgan fingerprint density at radius 3 is 2.02 bits per heavy atom. The van der Waals surface area contributed by atoms with Gasteiger partial charge in [-0.05, 0) is 41.5 Å². The number of carbonyl (C=O) groups excluding carboxylic acids is 2. The topological polar surface area (TPSA) is 244 Å². The fraction of sp³-hybridized carbons (Fsp3) is 0.696. The van der Waals surface area contributed by atoms with Crippen molar-refractivity contribution >= 4 is 37.2 Å². The molecule has 0 saturated carbocycles. The number of phosphoric acid groups is 1. The fourth-order valence-electron chi connectivity index (χ4n) is 2.64. The molecule has 0 aliphatic rings. The molecule has 252 valence electrons. The number of hydrogen-bond donors (Lipinski definition) is 3. The molecule has 2 aromatic heterocycles. The van der Waals surface area contributed by atoms with E-state index in [2.05, 4.69) is 38.6 Å². The molecule has 0 fully saturated rings. The van der Waals surface area contributed by atoms with Crippen LogP contribution in [0.2, 0.25) is 0 Å². The normalized spacial score (nSPS) is 13.5. The molecule has 21 heteroatoms. The predicted octanol–water partition coefficient (Wildman–Crippen LogP) is 2.63. The van der Waals surface area contributed by atoms with Crippen LogP contribution in [0.25, 0.3) is 11.2 Å². The van der Waals surface area contributed by atoms with Gasteiger partial charge in [-0.15, -0.1) is 0 Å². The van der Waals surface area contributed by atoms with Crippen LogP contribution in [0.3, 0.4) is 0 Å². The van der Waals surface area contributed by atoms with Crippen molar-refractivity contribution in [3.05, 3.63) is 6.33 Å². The maximum atomic E-state index is 14.3. The molecule has 0 amide bonds. The number of fused-ring (bicyclic) bond motifs is 1. The molecule has 4 N–H and O–H groups in total. The number of nitrogen functional groups attached to an aromatic ring is 1. The summed E-state index contributed by atoms with van der Waals surface area (Å²) in [5.74, 6) is -2.31. The van der Waals surface area contributed by atoms with Crippen LogP contribution in [0.15, 0.2) is 6.33 Å². The van der Waals surface area contributed by atoms with Crippen LogP contribution < -0.4 is 10.5 Å². The molecular formula is C23H39FN5O14P. The summed E-state index contributed by atoms with van der Waals surface area (Å²) in [6.45, 7) is 6.41. The average Bonchev–Trinajstić information content (AvgIpc) is 3.34. The number of phosphoric ester groups is 1. The number of ether oxygens (including phenoxy) is 6. The molecule has 2 rings (SSSR count). The summed E-state index contributed by atoms with van der Waals surface area (Å²) in [4.78, 5) is 34.6. The number of halogens is 1. The SMILES string of the molecule is CCOc1nc(N)nc2c1ncn2CO.CO[C@](F)(COP(=O)(OCOC(=O)OC(C)C)OCOC(=O)OC(C)C)[C@H](C)O. The van der Waals surface area contributed by atoms with Gasteiger partial charge in [0.25, 0.3) is 5.85 Å². The van der Waals surface area contributed by atoms with Crippen LogP contribution in [0.4, 0.5) is 19.9 Å². The van der Waals surface area contributed by atoms with E-state index in [1.807, 2.05) is 6.92 Å². The number of alkyl halides is 1. The Bertz CT molecular complexity index is 1200. The molecule has 19 nitrogen and oxygen atoms in total. The first kappa shape index (κ1) is 38.6. The van der Waals surface area contributed by atoms with Crippen LogP contribution >= 0.6 is 7.82 Å². The number of aromatic nitrogens is 4. The average molecular weight is 660 g/mol. The van der Waals surface area contributed by atoms with Gasteiger partial charge >= 0.3 is 20.1 Å². The minimum atomic E-state index is -4.65. The van der Waals surface area contributed by atoms with Crippen molar-refractivity contribution in [1.29, 1.82) is 0 Å². The lowest BCUT2D eigenvalue weighted by Gasteiger charge is -2.27. The predicted molar refractivity (Wildman–Crippen MR) is 147 cm³/mol. The maximum absolute atomic E-state index is 14.3. The second-order valence-electron chi connectivity index (χ2n) is 8.85. The van der Waals surface area contributed by atoms with Gasteiger partial charge in [0.1, 0.15) is 19.4 Å².